The maximum Gasteiger partial charge on any atom is 0.336 e. The molecule has 0 spiro atoms. The molecular formula is C30H22N2O8S4. The molecule has 5 rings (SSSR count). The van der Waals surface area contributed by atoms with E-state index < -0.39 is 26.8 Å². The lowest BCUT2D eigenvalue weighted by atomic mass is 10.2. The van der Waals surface area contributed by atoms with Crippen LogP contribution in [0.2, 0.25) is 0 Å². The zero-order valence-corrected chi connectivity index (χ0v) is 25.9. The number of carbonyl (C=O) groups excluding carboxylic acids is 2. The molecule has 0 radical (unpaired) electrons. The molecule has 3 aromatic carbocycles. The number of rotatable bonds is 11. The number of benzene rings is 3. The van der Waals surface area contributed by atoms with Crippen LogP contribution < -0.4 is 14.4 Å². The van der Waals surface area contributed by atoms with Gasteiger partial charge in [0.15, 0.2) is 0 Å². The summed E-state index contributed by atoms with van der Waals surface area (Å²) in [5, 5.41) is 15.0. The average molecular weight is 667 g/mol. The van der Waals surface area contributed by atoms with Crippen LogP contribution in [0.4, 0.5) is 0 Å². The summed E-state index contributed by atoms with van der Waals surface area (Å²) in [7, 11) is -1.03. The minimum Gasteiger partial charge on any atom is -0.427 e. The SMILES string of the molecule is O=C(C=Cc1ccc(OC(=O)CCCc2no[n+]([O-])c2S(=O)(=O)c2ccccc2)cc1)Oc1ccc(-c2cc(=S)ss2)cc1. The van der Waals surface area contributed by atoms with E-state index in [4.69, 9.17) is 21.7 Å². The highest BCUT2D eigenvalue weighted by Gasteiger charge is 2.33. The Hall–Kier alpha value is -4.50. The number of hydrogen-bond donors (Lipinski definition) is 0. The van der Waals surface area contributed by atoms with Crippen molar-refractivity contribution in [2.75, 3.05) is 0 Å². The average Bonchev–Trinajstić information content (AvgIpc) is 3.63. The van der Waals surface area contributed by atoms with Crippen LogP contribution in [-0.2, 0) is 25.8 Å². The first kappa shape index (κ1) is 30.9. The molecule has 0 aliphatic rings. The highest BCUT2D eigenvalue weighted by Crippen LogP contribution is 2.30. The van der Waals surface area contributed by atoms with Crippen molar-refractivity contribution in [1.82, 2.24) is 5.16 Å². The molecule has 14 heteroatoms. The molecule has 44 heavy (non-hydrogen) atoms. The molecule has 2 heterocycles. The third-order valence-electron chi connectivity index (χ3n) is 6.08. The van der Waals surface area contributed by atoms with Gasteiger partial charge in [0.25, 0.3) is 9.84 Å². The van der Waals surface area contributed by atoms with Crippen LogP contribution in [0.1, 0.15) is 24.1 Å². The molecule has 5 aromatic rings. The van der Waals surface area contributed by atoms with E-state index in [0.717, 1.165) is 14.3 Å². The summed E-state index contributed by atoms with van der Waals surface area (Å²) < 4.78 is 41.8. The Morgan fingerprint density at radius 3 is 2.32 bits per heavy atom. The molecule has 224 valence electrons. The topological polar surface area (TPSA) is 140 Å². The Balaban J connectivity index is 1.09. The third-order valence-corrected chi connectivity index (χ3v) is 10.8. The quantitative estimate of drug-likeness (QED) is 0.0399. The summed E-state index contributed by atoms with van der Waals surface area (Å²) in [6, 6.07) is 23.0. The lowest BCUT2D eigenvalue weighted by Crippen LogP contribution is -2.31. The molecule has 2 aromatic heterocycles. The number of aryl methyl sites for hydroxylation is 1. The zero-order chi connectivity index (χ0) is 31.1. The molecule has 0 aliphatic carbocycles. The maximum absolute atomic E-state index is 12.9. The normalized spacial score (nSPS) is 11.5. The lowest BCUT2D eigenvalue weighted by Gasteiger charge is -2.05. The van der Waals surface area contributed by atoms with Crippen molar-refractivity contribution in [2.24, 2.45) is 0 Å². The van der Waals surface area contributed by atoms with Gasteiger partial charge in [-0.05, 0) is 83.1 Å². The predicted octanol–water partition coefficient (Wildman–Crippen LogP) is 6.21. The highest BCUT2D eigenvalue weighted by atomic mass is 32.9. The lowest BCUT2D eigenvalue weighted by molar-refractivity contribution is -0.832. The Bertz CT molecular complexity index is 1960. The molecular weight excluding hydrogens is 645 g/mol. The molecule has 0 bridgehead atoms. The van der Waals surface area contributed by atoms with Crippen LogP contribution in [-0.4, -0.2) is 25.5 Å². The van der Waals surface area contributed by atoms with Gasteiger partial charge in [-0.25, -0.2) is 13.2 Å². The van der Waals surface area contributed by atoms with Crippen molar-refractivity contribution in [1.29, 1.82) is 0 Å². The summed E-state index contributed by atoms with van der Waals surface area (Å²) in [5.41, 5.74) is 1.60. The van der Waals surface area contributed by atoms with Crippen molar-refractivity contribution in [3.63, 3.8) is 0 Å². The second-order valence-electron chi connectivity index (χ2n) is 9.17. The number of hydrogen-bond acceptors (Lipinski definition) is 12. The van der Waals surface area contributed by atoms with Gasteiger partial charge in [0.2, 0.25) is 5.69 Å². The first-order valence-electron chi connectivity index (χ1n) is 13.0. The Morgan fingerprint density at radius 1 is 0.955 bits per heavy atom. The van der Waals surface area contributed by atoms with Gasteiger partial charge >= 0.3 is 17.0 Å². The first-order valence-corrected chi connectivity index (χ1v) is 17.0. The molecule has 0 N–H and O–H groups in total. The third kappa shape index (κ3) is 7.71. The monoisotopic (exact) mass is 666 g/mol. The van der Waals surface area contributed by atoms with E-state index in [1.807, 2.05) is 18.2 Å². The standard InChI is InChI=1S/C30H22N2O8S4/c33-27(8-4-7-25-30(32(35)40-31-25)44(36,37)24-5-2-1-3-6-24)38-22-14-9-20(10-15-22)11-18-28(34)39-23-16-12-21(13-17-23)26-19-29(41)43-42-26/h1-3,5-6,9-19H,4,7-8H2. The predicted molar refractivity (Wildman–Crippen MR) is 166 cm³/mol. The van der Waals surface area contributed by atoms with Gasteiger partial charge in [-0.3, -0.25) is 9.42 Å². The van der Waals surface area contributed by atoms with Gasteiger partial charge in [-0.1, -0.05) is 63.2 Å². The van der Waals surface area contributed by atoms with Crippen molar-refractivity contribution < 1.29 is 37.0 Å². The van der Waals surface area contributed by atoms with Gasteiger partial charge in [-0.15, -0.1) is 0 Å². The second-order valence-corrected chi connectivity index (χ2v) is 13.9. The van der Waals surface area contributed by atoms with Crippen molar-refractivity contribution in [2.45, 2.75) is 29.2 Å². The van der Waals surface area contributed by atoms with E-state index in [-0.39, 0.29) is 40.5 Å². The van der Waals surface area contributed by atoms with Crippen molar-refractivity contribution in [3.8, 4) is 21.9 Å². The van der Waals surface area contributed by atoms with Crippen LogP contribution in [0.15, 0.2) is 106 Å². The summed E-state index contributed by atoms with van der Waals surface area (Å²) in [4.78, 5) is 25.5. The minimum absolute atomic E-state index is 0.00412. The van der Waals surface area contributed by atoms with E-state index in [9.17, 15) is 23.2 Å². The second kappa shape index (κ2) is 13.9. The van der Waals surface area contributed by atoms with Gasteiger partial charge in [-0.2, -0.15) is 0 Å². The number of ether oxygens (including phenoxy) is 2. The van der Waals surface area contributed by atoms with Crippen LogP contribution in [0, 0.1) is 9.03 Å². The van der Waals surface area contributed by atoms with E-state index in [1.54, 1.807) is 58.9 Å². The number of esters is 2. The maximum atomic E-state index is 12.9. The largest absolute Gasteiger partial charge is 0.427 e. The smallest absolute Gasteiger partial charge is 0.336 e. The van der Waals surface area contributed by atoms with E-state index in [2.05, 4.69) is 9.79 Å². The van der Waals surface area contributed by atoms with Crippen LogP contribution in [0.3, 0.4) is 0 Å². The molecule has 10 nitrogen and oxygen atoms in total. The van der Waals surface area contributed by atoms with E-state index >= 15 is 0 Å². The molecule has 0 fully saturated rings. The fourth-order valence-electron chi connectivity index (χ4n) is 3.99. The van der Waals surface area contributed by atoms with Crippen molar-refractivity contribution >= 4 is 60.8 Å². The zero-order valence-electron chi connectivity index (χ0n) is 22.7. The Kier molecular flexibility index (Phi) is 9.75. The molecule has 0 unspecified atom stereocenters. The highest BCUT2D eigenvalue weighted by molar-refractivity contribution is 7.91. The van der Waals surface area contributed by atoms with E-state index in [1.165, 1.54) is 40.7 Å². The van der Waals surface area contributed by atoms with Crippen LogP contribution >= 0.6 is 32.9 Å². The Morgan fingerprint density at radius 2 is 1.64 bits per heavy atom. The summed E-state index contributed by atoms with van der Waals surface area (Å²) in [6.07, 6.45) is 2.97. The Labute approximate surface area is 264 Å². The van der Waals surface area contributed by atoms with Gasteiger partial charge < -0.3 is 14.7 Å². The summed E-state index contributed by atoms with van der Waals surface area (Å²) >= 11 is 5.17. The minimum atomic E-state index is -4.16. The summed E-state index contributed by atoms with van der Waals surface area (Å²) in [5.74, 6) is -0.406. The van der Waals surface area contributed by atoms with Crippen LogP contribution in [0.25, 0.3) is 16.5 Å². The number of carbonyl (C=O) groups is 2. The van der Waals surface area contributed by atoms with Crippen molar-refractivity contribution in [3.05, 3.63) is 111 Å². The van der Waals surface area contributed by atoms with E-state index in [0.29, 0.717) is 11.3 Å². The number of nitrogens with zero attached hydrogens (tertiary/aromatic N) is 2. The molecule has 0 saturated carbocycles. The molecule has 0 saturated heterocycles. The summed E-state index contributed by atoms with van der Waals surface area (Å²) in [6.45, 7) is 0. The van der Waals surface area contributed by atoms with Gasteiger partial charge in [0.05, 0.1) is 4.90 Å². The number of aromatic nitrogens is 2. The van der Waals surface area contributed by atoms with Gasteiger partial charge in [0, 0.05) is 29.0 Å². The number of sulfone groups is 1. The fourth-order valence-corrected chi connectivity index (χ4v) is 7.81. The molecule has 0 aliphatic heterocycles. The molecule has 0 amide bonds. The fraction of sp³-hybridized carbons (Fsp3) is 0.100. The first-order chi connectivity index (χ1) is 21.2. The molecule has 0 atom stereocenters. The van der Waals surface area contributed by atoms with Gasteiger partial charge in [0.1, 0.15) is 15.3 Å². The van der Waals surface area contributed by atoms with Crippen LogP contribution in [0.5, 0.6) is 11.5 Å².